The molecular weight excluding hydrogens is 584 g/mol. The fourth-order valence-electron chi connectivity index (χ4n) is 2.26. The summed E-state index contributed by atoms with van der Waals surface area (Å²) < 4.78 is 3.76. The number of nitrogens with zero attached hydrogens (tertiary/aromatic N) is 1. The Hall–Kier alpha value is 0.290. The minimum Gasteiger partial charge on any atom is -0.356 e. The molecule has 0 amide bonds. The van der Waals surface area contributed by atoms with E-state index in [9.17, 15) is 0 Å². The van der Waals surface area contributed by atoms with Crippen LogP contribution in [0.3, 0.4) is 0 Å². The average Bonchev–Trinajstić information content (AvgIpc) is 3.04. The van der Waals surface area contributed by atoms with Crippen LogP contribution in [0.15, 0.2) is 17.9 Å². The summed E-state index contributed by atoms with van der Waals surface area (Å²) in [6.45, 7) is 5.50. The molecule has 0 saturated heterocycles. The minimum absolute atomic E-state index is 0.745. The molecule has 6 nitrogen and oxygen atoms in total. The zero-order valence-electron chi connectivity index (χ0n) is 13.7. The lowest BCUT2D eigenvalue weighted by Gasteiger charge is -2.06. The molecule has 6 N–H and O–H groups in total. The van der Waals surface area contributed by atoms with Gasteiger partial charge < -0.3 is 26.7 Å². The number of aromatic amines is 1. The SMILES string of the molecule is NCCCNCCNCCCNc1nc2c(Br)c(Br)c(Br)c(Br)c2[nH]1. The van der Waals surface area contributed by atoms with E-state index in [-0.39, 0.29) is 0 Å². The Labute approximate surface area is 181 Å². The topological polar surface area (TPSA) is 90.8 Å². The van der Waals surface area contributed by atoms with Crippen molar-refractivity contribution in [3.8, 4) is 0 Å². The first-order valence-electron chi connectivity index (χ1n) is 8.13. The number of anilines is 1. The van der Waals surface area contributed by atoms with Crippen molar-refractivity contribution in [2.45, 2.75) is 12.8 Å². The van der Waals surface area contributed by atoms with Gasteiger partial charge in [0.1, 0.15) is 5.52 Å². The zero-order valence-corrected chi connectivity index (χ0v) is 20.0. The van der Waals surface area contributed by atoms with Crippen LogP contribution in [0.4, 0.5) is 5.95 Å². The van der Waals surface area contributed by atoms with Crippen molar-refractivity contribution in [1.29, 1.82) is 0 Å². The Morgan fingerprint density at radius 3 is 2.12 bits per heavy atom. The van der Waals surface area contributed by atoms with Crippen molar-refractivity contribution in [1.82, 2.24) is 20.6 Å². The lowest BCUT2D eigenvalue weighted by molar-refractivity contribution is 0.592. The van der Waals surface area contributed by atoms with Crippen LogP contribution in [0.1, 0.15) is 12.8 Å². The summed E-state index contributed by atoms with van der Waals surface area (Å²) in [4.78, 5) is 7.93. The Bertz CT molecular complexity index is 645. The quantitative estimate of drug-likeness (QED) is 0.152. The first kappa shape index (κ1) is 21.6. The van der Waals surface area contributed by atoms with Crippen LogP contribution in [0.5, 0.6) is 0 Å². The van der Waals surface area contributed by atoms with Crippen LogP contribution in [0, 0.1) is 0 Å². The van der Waals surface area contributed by atoms with Crippen molar-refractivity contribution in [3.63, 3.8) is 0 Å². The number of halogens is 4. The van der Waals surface area contributed by atoms with Crippen molar-refractivity contribution < 1.29 is 0 Å². The Morgan fingerprint density at radius 2 is 1.44 bits per heavy atom. The lowest BCUT2D eigenvalue weighted by atomic mass is 10.3. The lowest BCUT2D eigenvalue weighted by Crippen LogP contribution is -2.29. The Morgan fingerprint density at radius 1 is 0.800 bits per heavy atom. The molecule has 140 valence electrons. The van der Waals surface area contributed by atoms with Gasteiger partial charge in [-0.2, -0.15) is 0 Å². The first-order valence-corrected chi connectivity index (χ1v) is 11.3. The predicted molar refractivity (Wildman–Crippen MR) is 119 cm³/mol. The van der Waals surface area contributed by atoms with Gasteiger partial charge in [0.2, 0.25) is 5.95 Å². The molecule has 0 unspecified atom stereocenters. The van der Waals surface area contributed by atoms with E-state index in [4.69, 9.17) is 5.73 Å². The normalized spacial score (nSPS) is 11.4. The summed E-state index contributed by atoms with van der Waals surface area (Å²) in [7, 11) is 0. The number of benzene rings is 1. The van der Waals surface area contributed by atoms with Gasteiger partial charge in [-0.3, -0.25) is 0 Å². The van der Waals surface area contributed by atoms with Crippen LogP contribution in [0.2, 0.25) is 0 Å². The fourth-order valence-corrected chi connectivity index (χ4v) is 4.54. The van der Waals surface area contributed by atoms with Crippen molar-refractivity contribution >= 4 is 80.7 Å². The number of aromatic nitrogens is 2. The van der Waals surface area contributed by atoms with E-state index in [2.05, 4.69) is 89.6 Å². The van der Waals surface area contributed by atoms with Gasteiger partial charge in [-0.25, -0.2) is 4.98 Å². The summed E-state index contributed by atoms with van der Waals surface area (Å²) in [6, 6.07) is 0. The highest BCUT2D eigenvalue weighted by atomic mass is 79.9. The minimum atomic E-state index is 0.745. The fraction of sp³-hybridized carbons (Fsp3) is 0.533. The molecule has 1 aromatic carbocycles. The van der Waals surface area contributed by atoms with Gasteiger partial charge in [0.05, 0.1) is 14.5 Å². The van der Waals surface area contributed by atoms with E-state index in [0.717, 1.165) is 87.0 Å². The molecule has 0 saturated carbocycles. The summed E-state index contributed by atoms with van der Waals surface area (Å²) >= 11 is 14.3. The van der Waals surface area contributed by atoms with E-state index in [1.165, 1.54) is 0 Å². The van der Waals surface area contributed by atoms with Gasteiger partial charge in [0.25, 0.3) is 0 Å². The molecule has 1 heterocycles. The van der Waals surface area contributed by atoms with E-state index in [0.29, 0.717) is 0 Å². The molecule has 0 aliphatic rings. The van der Waals surface area contributed by atoms with Gasteiger partial charge >= 0.3 is 0 Å². The number of hydrogen-bond acceptors (Lipinski definition) is 5. The third-order valence-electron chi connectivity index (χ3n) is 3.57. The summed E-state index contributed by atoms with van der Waals surface area (Å²) in [5.41, 5.74) is 7.28. The number of fused-ring (bicyclic) bond motifs is 1. The van der Waals surface area contributed by atoms with Crippen molar-refractivity contribution in [2.24, 2.45) is 5.73 Å². The zero-order chi connectivity index (χ0) is 18.2. The maximum Gasteiger partial charge on any atom is 0.201 e. The molecule has 0 bridgehead atoms. The summed E-state index contributed by atoms with van der Waals surface area (Å²) in [6.07, 6.45) is 2.05. The number of hydrogen-bond donors (Lipinski definition) is 5. The van der Waals surface area contributed by atoms with Crippen molar-refractivity contribution in [3.05, 3.63) is 17.9 Å². The van der Waals surface area contributed by atoms with Gasteiger partial charge in [0, 0.05) is 28.6 Å². The van der Waals surface area contributed by atoms with Gasteiger partial charge in [-0.1, -0.05) is 0 Å². The van der Waals surface area contributed by atoms with Crippen LogP contribution in [0.25, 0.3) is 11.0 Å². The van der Waals surface area contributed by atoms with Gasteiger partial charge in [-0.15, -0.1) is 0 Å². The maximum atomic E-state index is 5.45. The molecule has 2 aromatic rings. The largest absolute Gasteiger partial charge is 0.356 e. The standard InChI is InChI=1S/C15H22Br4N6/c16-9-10(17)12(19)14-13(11(9)18)24-15(25-14)23-6-2-5-22-8-7-21-4-1-3-20/h21-22H,1-8,20H2,(H2,23,24,25). The monoisotopic (exact) mass is 602 g/mol. The Balaban J connectivity index is 1.73. The number of H-pyrrole nitrogens is 1. The summed E-state index contributed by atoms with van der Waals surface area (Å²) in [5, 5.41) is 10.1. The predicted octanol–water partition coefficient (Wildman–Crippen LogP) is 3.94. The van der Waals surface area contributed by atoms with Crippen LogP contribution in [-0.2, 0) is 0 Å². The summed E-state index contributed by atoms with van der Waals surface area (Å²) in [5.74, 6) is 0.768. The average molecular weight is 606 g/mol. The van der Waals surface area contributed by atoms with Crippen LogP contribution < -0.4 is 21.7 Å². The third-order valence-corrected chi connectivity index (χ3v) is 8.32. The van der Waals surface area contributed by atoms with E-state index < -0.39 is 0 Å². The molecule has 0 aliphatic heterocycles. The van der Waals surface area contributed by atoms with Crippen LogP contribution in [-0.4, -0.2) is 49.2 Å². The van der Waals surface area contributed by atoms with Gasteiger partial charge in [0.15, 0.2) is 0 Å². The highest BCUT2D eigenvalue weighted by Gasteiger charge is 2.17. The second kappa shape index (κ2) is 11.2. The second-order valence-corrected chi connectivity index (χ2v) is 8.66. The molecule has 10 heteroatoms. The molecule has 1 aromatic heterocycles. The molecule has 0 spiro atoms. The molecule has 0 fully saturated rings. The smallest absolute Gasteiger partial charge is 0.201 e. The van der Waals surface area contributed by atoms with Gasteiger partial charge in [-0.05, 0) is 96.2 Å². The van der Waals surface area contributed by atoms with Crippen molar-refractivity contribution in [2.75, 3.05) is 44.6 Å². The molecule has 0 aliphatic carbocycles. The van der Waals surface area contributed by atoms with E-state index in [1.807, 2.05) is 0 Å². The number of nitrogens with one attached hydrogen (secondary N) is 4. The maximum absolute atomic E-state index is 5.45. The second-order valence-electron chi connectivity index (χ2n) is 5.49. The highest BCUT2D eigenvalue weighted by Crippen LogP contribution is 2.42. The number of nitrogens with two attached hydrogens (primary N) is 1. The molecule has 0 atom stereocenters. The number of imidazole rings is 1. The van der Waals surface area contributed by atoms with Crippen LogP contribution >= 0.6 is 63.7 Å². The van der Waals surface area contributed by atoms with E-state index in [1.54, 1.807) is 0 Å². The first-order chi connectivity index (χ1) is 12.1. The third kappa shape index (κ3) is 6.15. The number of rotatable bonds is 11. The molecule has 0 radical (unpaired) electrons. The highest BCUT2D eigenvalue weighted by molar-refractivity contribution is 9.15. The molecule has 2 rings (SSSR count). The molecular formula is C15H22Br4N6. The molecule has 25 heavy (non-hydrogen) atoms. The Kier molecular flexibility index (Phi) is 9.68. The van der Waals surface area contributed by atoms with E-state index >= 15 is 0 Å².